The van der Waals surface area contributed by atoms with Gasteiger partial charge >= 0.3 is 0 Å². The SMILES string of the molecule is Cc1ccc2cc(C(=O)NCc3c(C)nn(C)c3C)oc2c1. The van der Waals surface area contributed by atoms with E-state index < -0.39 is 0 Å². The van der Waals surface area contributed by atoms with Crippen LogP contribution in [-0.2, 0) is 13.6 Å². The van der Waals surface area contributed by atoms with Gasteiger partial charge in [0.2, 0.25) is 0 Å². The number of fused-ring (bicyclic) bond motifs is 1. The number of benzene rings is 1. The first-order valence-corrected chi connectivity index (χ1v) is 7.23. The van der Waals surface area contributed by atoms with E-state index in [1.54, 1.807) is 6.07 Å². The van der Waals surface area contributed by atoms with Gasteiger partial charge in [-0.1, -0.05) is 12.1 Å². The zero-order chi connectivity index (χ0) is 15.9. The maximum atomic E-state index is 12.3. The Balaban J connectivity index is 1.78. The fourth-order valence-electron chi connectivity index (χ4n) is 2.58. The Kier molecular flexibility index (Phi) is 3.48. The minimum Gasteiger partial charge on any atom is -0.451 e. The van der Waals surface area contributed by atoms with Crippen molar-refractivity contribution in [2.75, 3.05) is 0 Å². The number of aryl methyl sites for hydroxylation is 3. The second kappa shape index (κ2) is 5.33. The van der Waals surface area contributed by atoms with E-state index in [2.05, 4.69) is 10.4 Å². The molecule has 2 aromatic heterocycles. The van der Waals surface area contributed by atoms with E-state index >= 15 is 0 Å². The summed E-state index contributed by atoms with van der Waals surface area (Å²) in [6.45, 7) is 6.37. The van der Waals surface area contributed by atoms with Crippen LogP contribution in [0.1, 0.15) is 33.1 Å². The molecular formula is C17H19N3O2. The van der Waals surface area contributed by atoms with Crippen molar-refractivity contribution < 1.29 is 9.21 Å². The lowest BCUT2D eigenvalue weighted by Crippen LogP contribution is -2.22. The molecule has 0 bridgehead atoms. The van der Waals surface area contributed by atoms with E-state index in [9.17, 15) is 4.79 Å². The molecule has 0 saturated heterocycles. The van der Waals surface area contributed by atoms with Crippen LogP contribution in [0.2, 0.25) is 0 Å². The van der Waals surface area contributed by atoms with Crippen molar-refractivity contribution in [3.8, 4) is 0 Å². The molecule has 0 radical (unpaired) electrons. The molecule has 3 aromatic rings. The third kappa shape index (κ3) is 2.50. The van der Waals surface area contributed by atoms with Crippen LogP contribution in [0.4, 0.5) is 0 Å². The molecule has 0 aliphatic heterocycles. The van der Waals surface area contributed by atoms with Gasteiger partial charge in [-0.15, -0.1) is 0 Å². The molecule has 22 heavy (non-hydrogen) atoms. The van der Waals surface area contributed by atoms with Crippen LogP contribution in [0.5, 0.6) is 0 Å². The summed E-state index contributed by atoms with van der Waals surface area (Å²) in [5, 5.41) is 8.18. The number of rotatable bonds is 3. The number of aromatic nitrogens is 2. The molecule has 0 aliphatic carbocycles. The number of carbonyl (C=O) groups is 1. The molecular weight excluding hydrogens is 278 g/mol. The van der Waals surface area contributed by atoms with E-state index in [0.29, 0.717) is 12.3 Å². The topological polar surface area (TPSA) is 60.1 Å². The average Bonchev–Trinajstić information content (AvgIpc) is 2.99. The monoisotopic (exact) mass is 297 g/mol. The fraction of sp³-hybridized carbons (Fsp3) is 0.294. The van der Waals surface area contributed by atoms with Gasteiger partial charge in [0.15, 0.2) is 5.76 Å². The van der Waals surface area contributed by atoms with E-state index in [-0.39, 0.29) is 5.91 Å². The molecule has 0 atom stereocenters. The highest BCUT2D eigenvalue weighted by atomic mass is 16.3. The second-order valence-electron chi connectivity index (χ2n) is 5.61. The van der Waals surface area contributed by atoms with Crippen LogP contribution in [0.3, 0.4) is 0 Å². The largest absolute Gasteiger partial charge is 0.451 e. The van der Waals surface area contributed by atoms with Gasteiger partial charge in [0.25, 0.3) is 5.91 Å². The molecule has 5 heteroatoms. The maximum Gasteiger partial charge on any atom is 0.287 e. The highest BCUT2D eigenvalue weighted by Crippen LogP contribution is 2.20. The van der Waals surface area contributed by atoms with Crippen molar-refractivity contribution in [1.29, 1.82) is 0 Å². The van der Waals surface area contributed by atoms with Crippen molar-refractivity contribution in [2.24, 2.45) is 7.05 Å². The summed E-state index contributed by atoms with van der Waals surface area (Å²) < 4.78 is 7.45. The molecule has 1 aromatic carbocycles. The quantitative estimate of drug-likeness (QED) is 0.808. The van der Waals surface area contributed by atoms with Crippen LogP contribution in [-0.4, -0.2) is 15.7 Å². The fourth-order valence-corrected chi connectivity index (χ4v) is 2.58. The lowest BCUT2D eigenvalue weighted by molar-refractivity contribution is 0.0925. The molecule has 0 saturated carbocycles. The molecule has 0 unspecified atom stereocenters. The normalized spacial score (nSPS) is 11.1. The minimum atomic E-state index is -0.212. The molecule has 3 rings (SSSR count). The number of hydrogen-bond acceptors (Lipinski definition) is 3. The third-order valence-corrected chi connectivity index (χ3v) is 3.98. The predicted octanol–water partition coefficient (Wildman–Crippen LogP) is 3.02. The molecule has 1 amide bonds. The van der Waals surface area contributed by atoms with Crippen LogP contribution >= 0.6 is 0 Å². The molecule has 0 spiro atoms. The maximum absolute atomic E-state index is 12.3. The van der Waals surface area contributed by atoms with Crippen LogP contribution in [0.15, 0.2) is 28.7 Å². The third-order valence-electron chi connectivity index (χ3n) is 3.98. The van der Waals surface area contributed by atoms with Gasteiger partial charge < -0.3 is 9.73 Å². The van der Waals surface area contributed by atoms with Crippen LogP contribution in [0, 0.1) is 20.8 Å². The highest BCUT2D eigenvalue weighted by Gasteiger charge is 2.14. The molecule has 0 fully saturated rings. The second-order valence-corrected chi connectivity index (χ2v) is 5.61. The first kappa shape index (κ1) is 14.4. The van der Waals surface area contributed by atoms with Gasteiger partial charge in [-0.3, -0.25) is 9.48 Å². The van der Waals surface area contributed by atoms with E-state index in [4.69, 9.17) is 4.42 Å². The highest BCUT2D eigenvalue weighted by molar-refractivity contribution is 5.96. The van der Waals surface area contributed by atoms with Crippen molar-refractivity contribution >= 4 is 16.9 Å². The Morgan fingerprint density at radius 2 is 2.05 bits per heavy atom. The van der Waals surface area contributed by atoms with E-state index in [1.807, 2.05) is 50.7 Å². The first-order valence-electron chi connectivity index (χ1n) is 7.23. The number of amides is 1. The Morgan fingerprint density at radius 1 is 1.27 bits per heavy atom. The number of furan rings is 1. The summed E-state index contributed by atoms with van der Waals surface area (Å²) in [6.07, 6.45) is 0. The standard InChI is InChI=1S/C17H19N3O2/c1-10-5-6-13-8-16(22-15(13)7-10)17(21)18-9-14-11(2)19-20(4)12(14)3/h5-8H,9H2,1-4H3,(H,18,21). The van der Waals surface area contributed by atoms with Crippen molar-refractivity contribution in [1.82, 2.24) is 15.1 Å². The van der Waals surface area contributed by atoms with Crippen molar-refractivity contribution in [3.05, 3.63) is 52.5 Å². The smallest absolute Gasteiger partial charge is 0.287 e. The Bertz CT molecular complexity index is 858. The number of nitrogens with one attached hydrogen (secondary N) is 1. The summed E-state index contributed by atoms with van der Waals surface area (Å²) >= 11 is 0. The van der Waals surface area contributed by atoms with Gasteiger partial charge in [-0.25, -0.2) is 0 Å². The Labute approximate surface area is 128 Å². The molecule has 114 valence electrons. The van der Waals surface area contributed by atoms with Gasteiger partial charge in [0.1, 0.15) is 5.58 Å². The van der Waals surface area contributed by atoms with Gasteiger partial charge in [0, 0.05) is 30.2 Å². The Morgan fingerprint density at radius 3 is 2.73 bits per heavy atom. The predicted molar refractivity (Wildman–Crippen MR) is 84.8 cm³/mol. The molecule has 2 heterocycles. The summed E-state index contributed by atoms with van der Waals surface area (Å²) in [5.74, 6) is 0.122. The van der Waals surface area contributed by atoms with Gasteiger partial charge in [-0.05, 0) is 38.5 Å². The van der Waals surface area contributed by atoms with Gasteiger partial charge in [0.05, 0.1) is 5.69 Å². The van der Waals surface area contributed by atoms with Crippen molar-refractivity contribution in [2.45, 2.75) is 27.3 Å². The lowest BCUT2D eigenvalue weighted by Gasteiger charge is -2.04. The summed E-state index contributed by atoms with van der Waals surface area (Å²) in [4.78, 5) is 12.3. The van der Waals surface area contributed by atoms with Gasteiger partial charge in [-0.2, -0.15) is 5.10 Å². The lowest BCUT2D eigenvalue weighted by atomic mass is 10.2. The number of hydrogen-bond donors (Lipinski definition) is 1. The summed E-state index contributed by atoms with van der Waals surface area (Å²) in [6, 6.07) is 7.66. The van der Waals surface area contributed by atoms with E-state index in [0.717, 1.165) is 33.5 Å². The number of nitrogens with zero attached hydrogens (tertiary/aromatic N) is 2. The number of carbonyl (C=O) groups excluding carboxylic acids is 1. The first-order chi connectivity index (χ1) is 10.5. The molecule has 1 N–H and O–H groups in total. The average molecular weight is 297 g/mol. The van der Waals surface area contributed by atoms with Crippen LogP contribution < -0.4 is 5.32 Å². The van der Waals surface area contributed by atoms with E-state index in [1.165, 1.54) is 0 Å². The summed E-state index contributed by atoms with van der Waals surface area (Å²) in [7, 11) is 1.90. The van der Waals surface area contributed by atoms with Crippen LogP contribution in [0.25, 0.3) is 11.0 Å². The molecule has 0 aliphatic rings. The zero-order valence-corrected chi connectivity index (χ0v) is 13.2. The Hall–Kier alpha value is -2.56. The zero-order valence-electron chi connectivity index (χ0n) is 13.2. The van der Waals surface area contributed by atoms with Crippen molar-refractivity contribution in [3.63, 3.8) is 0 Å². The molecule has 5 nitrogen and oxygen atoms in total. The minimum absolute atomic E-state index is 0.212. The summed E-state index contributed by atoms with van der Waals surface area (Å²) in [5.41, 5.74) is 4.87.